The minimum absolute atomic E-state index is 0.120. The van der Waals surface area contributed by atoms with Crippen LogP contribution in [0.5, 0.6) is 0 Å². The van der Waals surface area contributed by atoms with Gasteiger partial charge in [0.1, 0.15) is 4.60 Å². The highest BCUT2D eigenvalue weighted by molar-refractivity contribution is 9.10. The zero-order valence-electron chi connectivity index (χ0n) is 14.2. The Balaban J connectivity index is 1.60. The highest BCUT2D eigenvalue weighted by Crippen LogP contribution is 2.36. The van der Waals surface area contributed by atoms with Gasteiger partial charge in [-0.3, -0.25) is 0 Å². The van der Waals surface area contributed by atoms with Gasteiger partial charge in [0.25, 0.3) is 0 Å². The molecule has 5 N–H and O–H groups in total. The van der Waals surface area contributed by atoms with Gasteiger partial charge in [-0.15, -0.1) is 11.3 Å². The standard InChI is InChI=1S/C17H20BrF3N4OS/c18-16-2-1-9(5-25-16)14(26)7-24-12-4-13(23-6-11(12)22)15-3-10(8-27-15)17(19,20)21/h1-3,5,8,11-14,23-24,26H,4,6-7,22H2. The lowest BCUT2D eigenvalue weighted by Gasteiger charge is -2.36. The molecule has 4 unspecified atom stereocenters. The fraction of sp³-hybridized carbons (Fsp3) is 0.471. The predicted molar refractivity (Wildman–Crippen MR) is 101 cm³/mol. The number of aliphatic hydroxyl groups excluding tert-OH is 1. The summed E-state index contributed by atoms with van der Waals surface area (Å²) in [6.07, 6.45) is -2.94. The van der Waals surface area contributed by atoms with E-state index < -0.39 is 17.8 Å². The Morgan fingerprint density at radius 3 is 2.85 bits per heavy atom. The number of pyridine rings is 1. The van der Waals surface area contributed by atoms with Gasteiger partial charge < -0.3 is 21.5 Å². The number of hydrogen-bond acceptors (Lipinski definition) is 6. The van der Waals surface area contributed by atoms with Crippen LogP contribution in [-0.4, -0.2) is 35.3 Å². The van der Waals surface area contributed by atoms with Crippen LogP contribution in [0.25, 0.3) is 0 Å². The van der Waals surface area contributed by atoms with Crippen molar-refractivity contribution in [3.63, 3.8) is 0 Å². The third kappa shape index (κ3) is 5.27. The van der Waals surface area contributed by atoms with Gasteiger partial charge in [0.15, 0.2) is 0 Å². The van der Waals surface area contributed by atoms with E-state index in [9.17, 15) is 18.3 Å². The fourth-order valence-corrected chi connectivity index (χ4v) is 4.27. The molecular weight excluding hydrogens is 445 g/mol. The van der Waals surface area contributed by atoms with Crippen LogP contribution in [0.2, 0.25) is 0 Å². The first-order chi connectivity index (χ1) is 12.7. The van der Waals surface area contributed by atoms with Crippen molar-refractivity contribution in [2.45, 2.75) is 36.8 Å². The lowest BCUT2D eigenvalue weighted by Crippen LogP contribution is -2.56. The van der Waals surface area contributed by atoms with E-state index in [1.807, 2.05) is 0 Å². The average Bonchev–Trinajstić information content (AvgIpc) is 3.12. The van der Waals surface area contributed by atoms with Crippen LogP contribution in [0.15, 0.2) is 34.4 Å². The zero-order chi connectivity index (χ0) is 19.6. The number of nitrogens with one attached hydrogen (secondary N) is 2. The van der Waals surface area contributed by atoms with Crippen molar-refractivity contribution in [2.24, 2.45) is 5.73 Å². The van der Waals surface area contributed by atoms with Gasteiger partial charge in [-0.2, -0.15) is 13.2 Å². The Morgan fingerprint density at radius 1 is 1.44 bits per heavy atom. The first kappa shape index (κ1) is 20.7. The van der Waals surface area contributed by atoms with Gasteiger partial charge >= 0.3 is 6.18 Å². The van der Waals surface area contributed by atoms with Crippen molar-refractivity contribution in [1.29, 1.82) is 0 Å². The van der Waals surface area contributed by atoms with Crippen molar-refractivity contribution in [1.82, 2.24) is 15.6 Å². The van der Waals surface area contributed by atoms with Gasteiger partial charge in [-0.05, 0) is 34.5 Å². The van der Waals surface area contributed by atoms with Crippen molar-refractivity contribution in [3.05, 3.63) is 50.4 Å². The molecule has 2 aromatic rings. The van der Waals surface area contributed by atoms with Crippen LogP contribution >= 0.6 is 27.3 Å². The molecule has 0 bridgehead atoms. The SMILES string of the molecule is NC1CNC(c2cc(C(F)(F)F)cs2)CC1NCC(O)c1ccc(Br)nc1. The van der Waals surface area contributed by atoms with Gasteiger partial charge in [0, 0.05) is 53.2 Å². The predicted octanol–water partition coefficient (Wildman–Crippen LogP) is 2.98. The van der Waals surface area contributed by atoms with Gasteiger partial charge in [0.05, 0.1) is 11.7 Å². The number of rotatable bonds is 5. The lowest BCUT2D eigenvalue weighted by molar-refractivity contribution is -0.137. The lowest BCUT2D eigenvalue weighted by atomic mass is 9.94. The summed E-state index contributed by atoms with van der Waals surface area (Å²) in [4.78, 5) is 4.73. The molecule has 0 radical (unpaired) electrons. The quantitative estimate of drug-likeness (QED) is 0.511. The van der Waals surface area contributed by atoms with E-state index in [4.69, 9.17) is 5.73 Å². The van der Waals surface area contributed by atoms with E-state index in [1.54, 1.807) is 18.3 Å². The van der Waals surface area contributed by atoms with Crippen LogP contribution in [0, 0.1) is 0 Å². The number of alkyl halides is 3. The van der Waals surface area contributed by atoms with E-state index in [1.165, 1.54) is 6.07 Å². The molecule has 1 fully saturated rings. The minimum Gasteiger partial charge on any atom is -0.387 e. The summed E-state index contributed by atoms with van der Waals surface area (Å²) in [6, 6.07) is 4.20. The monoisotopic (exact) mass is 464 g/mol. The summed E-state index contributed by atoms with van der Waals surface area (Å²) in [5.41, 5.74) is 6.19. The average molecular weight is 465 g/mol. The third-order valence-corrected chi connectivity index (χ3v) is 6.12. The second-order valence-corrected chi connectivity index (χ2v) is 8.30. The maximum Gasteiger partial charge on any atom is 0.417 e. The summed E-state index contributed by atoms with van der Waals surface area (Å²) >= 11 is 4.34. The Kier molecular flexibility index (Phi) is 6.54. The van der Waals surface area contributed by atoms with Gasteiger partial charge in [-0.1, -0.05) is 6.07 Å². The smallest absolute Gasteiger partial charge is 0.387 e. The largest absolute Gasteiger partial charge is 0.417 e. The maximum absolute atomic E-state index is 12.8. The summed E-state index contributed by atoms with van der Waals surface area (Å²) in [6.45, 7) is 0.768. The van der Waals surface area contributed by atoms with E-state index in [0.29, 0.717) is 28.0 Å². The maximum atomic E-state index is 12.8. The number of nitrogens with two attached hydrogens (primary N) is 1. The van der Waals surface area contributed by atoms with Crippen molar-refractivity contribution < 1.29 is 18.3 Å². The van der Waals surface area contributed by atoms with Crippen LogP contribution < -0.4 is 16.4 Å². The zero-order valence-corrected chi connectivity index (χ0v) is 16.6. The molecule has 0 aliphatic carbocycles. The molecule has 1 aliphatic heterocycles. The normalized spacial score (nSPS) is 24.7. The molecule has 4 atom stereocenters. The van der Waals surface area contributed by atoms with E-state index in [0.717, 1.165) is 16.7 Å². The Bertz CT molecular complexity index is 755. The molecule has 1 saturated heterocycles. The molecule has 0 saturated carbocycles. The van der Waals surface area contributed by atoms with Crippen LogP contribution in [0.4, 0.5) is 13.2 Å². The second-order valence-electron chi connectivity index (χ2n) is 6.54. The molecule has 3 heterocycles. The molecule has 1 aliphatic rings. The summed E-state index contributed by atoms with van der Waals surface area (Å²) < 4.78 is 39.1. The topological polar surface area (TPSA) is 83.2 Å². The van der Waals surface area contributed by atoms with Crippen LogP contribution in [-0.2, 0) is 6.18 Å². The Morgan fingerprint density at radius 2 is 2.22 bits per heavy atom. The fourth-order valence-electron chi connectivity index (χ4n) is 3.03. The highest BCUT2D eigenvalue weighted by atomic mass is 79.9. The summed E-state index contributed by atoms with van der Waals surface area (Å²) in [5, 5.41) is 17.9. The molecule has 10 heteroatoms. The molecule has 0 spiro atoms. The molecule has 27 heavy (non-hydrogen) atoms. The number of thiophene rings is 1. The number of hydrogen-bond donors (Lipinski definition) is 4. The molecular formula is C17H20BrF3N4OS. The van der Waals surface area contributed by atoms with Crippen molar-refractivity contribution >= 4 is 27.3 Å². The number of aromatic nitrogens is 1. The first-order valence-corrected chi connectivity index (χ1v) is 10.1. The summed E-state index contributed by atoms with van der Waals surface area (Å²) in [5.74, 6) is 0. The first-order valence-electron chi connectivity index (χ1n) is 8.41. The van der Waals surface area contributed by atoms with Crippen molar-refractivity contribution in [3.8, 4) is 0 Å². The second kappa shape index (κ2) is 8.54. The van der Waals surface area contributed by atoms with E-state index in [-0.39, 0.29) is 24.7 Å². The number of piperidine rings is 1. The molecule has 0 aromatic carbocycles. The van der Waals surface area contributed by atoms with Crippen LogP contribution in [0.3, 0.4) is 0 Å². The molecule has 0 amide bonds. The highest BCUT2D eigenvalue weighted by Gasteiger charge is 2.34. The molecule has 3 rings (SSSR count). The molecule has 148 valence electrons. The number of nitrogens with zero attached hydrogens (tertiary/aromatic N) is 1. The van der Waals surface area contributed by atoms with E-state index >= 15 is 0 Å². The summed E-state index contributed by atoms with van der Waals surface area (Å²) in [7, 11) is 0. The van der Waals surface area contributed by atoms with Crippen LogP contribution in [0.1, 0.15) is 34.6 Å². The van der Waals surface area contributed by atoms with Gasteiger partial charge in [-0.25, -0.2) is 4.98 Å². The van der Waals surface area contributed by atoms with Crippen molar-refractivity contribution in [2.75, 3.05) is 13.1 Å². The number of aliphatic hydroxyl groups is 1. The van der Waals surface area contributed by atoms with Gasteiger partial charge in [0.2, 0.25) is 0 Å². The number of halogens is 4. The Labute approximate surface area is 167 Å². The molecule has 2 aromatic heterocycles. The Hall–Kier alpha value is -1.04. The van der Waals surface area contributed by atoms with E-state index in [2.05, 4.69) is 31.5 Å². The molecule has 5 nitrogen and oxygen atoms in total. The third-order valence-electron chi connectivity index (χ3n) is 4.61. The minimum atomic E-state index is -4.33.